The van der Waals surface area contributed by atoms with Crippen LogP contribution >= 0.6 is 0 Å². The smallest absolute Gasteiger partial charge is 0.308 e. The third-order valence-corrected chi connectivity index (χ3v) is 6.90. The number of benzene rings is 2. The molecule has 0 aliphatic carbocycles. The van der Waals surface area contributed by atoms with Crippen LogP contribution in [0.3, 0.4) is 0 Å². The fourth-order valence-electron chi connectivity index (χ4n) is 5.14. The monoisotopic (exact) mass is 624 g/mol. The highest BCUT2D eigenvalue weighted by Gasteiger charge is 2.50. The first-order chi connectivity index (χ1) is 21.0. The molecular weight excluding hydrogens is 588 g/mol. The van der Waals surface area contributed by atoms with E-state index in [9.17, 15) is 24.0 Å². The molecule has 0 amide bonds. The number of allylic oxidation sites excluding steroid dienone is 1. The molecule has 0 aromatic heterocycles. The molecule has 12 heteroatoms. The van der Waals surface area contributed by atoms with Crippen LogP contribution in [-0.4, -0.2) is 48.0 Å². The zero-order chi connectivity index (χ0) is 33.2. The molecule has 0 radical (unpaired) electrons. The Hall–Kier alpha value is -4.87. The highest BCUT2D eigenvalue weighted by molar-refractivity contribution is 6.03. The van der Waals surface area contributed by atoms with Crippen molar-refractivity contribution in [3.63, 3.8) is 0 Å². The van der Waals surface area contributed by atoms with Crippen LogP contribution in [0.1, 0.15) is 95.5 Å². The van der Waals surface area contributed by atoms with Gasteiger partial charge in [0.15, 0.2) is 29.5 Å². The van der Waals surface area contributed by atoms with Gasteiger partial charge in [0.2, 0.25) is 0 Å². The summed E-state index contributed by atoms with van der Waals surface area (Å²) in [6, 6.07) is 5.95. The van der Waals surface area contributed by atoms with Gasteiger partial charge < -0.3 is 33.2 Å². The fourth-order valence-corrected chi connectivity index (χ4v) is 5.14. The van der Waals surface area contributed by atoms with Crippen molar-refractivity contribution in [1.82, 2.24) is 0 Å². The molecule has 0 saturated heterocycles. The number of Topliss-reactive ketones (excluding diaryl/α,β-unsaturated/α-hetero) is 1. The SMILES string of the molecule is CC(=O)Oc1cc(OC(C)=O)c2c(c1)O[C@@H](c1cc(OCC=C(C)C)c3c(c1)[C@@H](OC(C)=O)[C@H](OC(C)=O)C(C)(C)O3)CC2=O. The third kappa shape index (κ3) is 7.62. The summed E-state index contributed by atoms with van der Waals surface area (Å²) in [5.41, 5.74) is 0.698. The summed E-state index contributed by atoms with van der Waals surface area (Å²) < 4.78 is 40.5. The Bertz CT molecular complexity index is 1580. The molecule has 0 unspecified atom stereocenters. The van der Waals surface area contributed by atoms with E-state index < -0.39 is 53.6 Å². The second kappa shape index (κ2) is 13.0. The minimum Gasteiger partial charge on any atom is -0.486 e. The van der Waals surface area contributed by atoms with Crippen LogP contribution in [-0.2, 0) is 28.7 Å². The molecule has 2 aromatic rings. The van der Waals surface area contributed by atoms with E-state index >= 15 is 0 Å². The van der Waals surface area contributed by atoms with E-state index in [1.165, 1.54) is 39.8 Å². The van der Waals surface area contributed by atoms with Crippen LogP contribution < -0.4 is 23.7 Å². The van der Waals surface area contributed by atoms with E-state index in [2.05, 4.69) is 0 Å². The normalized spacial score (nSPS) is 19.4. The number of carbonyl (C=O) groups excluding carboxylic acids is 5. The van der Waals surface area contributed by atoms with Crippen LogP contribution in [0.4, 0.5) is 0 Å². The van der Waals surface area contributed by atoms with Crippen molar-refractivity contribution in [2.24, 2.45) is 0 Å². The highest BCUT2D eigenvalue weighted by Crippen LogP contribution is 2.51. The molecule has 3 atom stereocenters. The molecule has 0 saturated carbocycles. The number of carbonyl (C=O) groups is 5. The number of ether oxygens (including phenoxy) is 7. The first kappa shape index (κ1) is 33.0. The maximum absolute atomic E-state index is 13.5. The van der Waals surface area contributed by atoms with E-state index in [4.69, 9.17) is 33.2 Å². The van der Waals surface area contributed by atoms with Crippen LogP contribution in [0.15, 0.2) is 35.9 Å². The largest absolute Gasteiger partial charge is 0.486 e. The summed E-state index contributed by atoms with van der Waals surface area (Å²) in [4.78, 5) is 61.4. The number of hydrogen-bond acceptors (Lipinski definition) is 12. The molecule has 0 spiro atoms. The van der Waals surface area contributed by atoms with Crippen LogP contribution in [0.2, 0.25) is 0 Å². The summed E-state index contributed by atoms with van der Waals surface area (Å²) in [5, 5.41) is 0. The van der Waals surface area contributed by atoms with Gasteiger partial charge in [-0.2, -0.15) is 0 Å². The van der Waals surface area contributed by atoms with Crippen LogP contribution in [0, 0.1) is 0 Å². The molecule has 45 heavy (non-hydrogen) atoms. The van der Waals surface area contributed by atoms with Gasteiger partial charge in [0.1, 0.15) is 41.1 Å². The molecule has 2 aliphatic heterocycles. The first-order valence-corrected chi connectivity index (χ1v) is 14.3. The highest BCUT2D eigenvalue weighted by atomic mass is 16.6. The maximum Gasteiger partial charge on any atom is 0.308 e. The zero-order valence-electron chi connectivity index (χ0n) is 26.4. The average molecular weight is 625 g/mol. The van der Waals surface area contributed by atoms with Crippen molar-refractivity contribution in [1.29, 1.82) is 0 Å². The second-order valence-electron chi connectivity index (χ2n) is 11.5. The molecule has 0 N–H and O–H groups in total. The molecule has 2 aliphatic rings. The molecule has 2 aromatic carbocycles. The van der Waals surface area contributed by atoms with Crippen molar-refractivity contribution in [3.05, 3.63) is 52.6 Å². The molecule has 4 rings (SSSR count). The Morgan fingerprint density at radius 3 is 2.13 bits per heavy atom. The lowest BCUT2D eigenvalue weighted by molar-refractivity contribution is -0.188. The average Bonchev–Trinajstić information content (AvgIpc) is 2.89. The Morgan fingerprint density at radius 2 is 1.53 bits per heavy atom. The summed E-state index contributed by atoms with van der Waals surface area (Å²) >= 11 is 0. The maximum atomic E-state index is 13.5. The number of rotatable bonds is 8. The Labute approximate surface area is 260 Å². The lowest BCUT2D eigenvalue weighted by Gasteiger charge is -2.43. The molecule has 0 bridgehead atoms. The van der Waals surface area contributed by atoms with E-state index in [1.54, 1.807) is 26.0 Å². The molecular formula is C33H36O12. The van der Waals surface area contributed by atoms with E-state index in [-0.39, 0.29) is 47.3 Å². The van der Waals surface area contributed by atoms with Gasteiger partial charge in [0.25, 0.3) is 0 Å². The predicted molar refractivity (Wildman–Crippen MR) is 158 cm³/mol. The molecule has 2 heterocycles. The van der Waals surface area contributed by atoms with E-state index in [1.807, 2.05) is 19.9 Å². The van der Waals surface area contributed by atoms with Gasteiger partial charge in [0, 0.05) is 45.4 Å². The standard InChI is InChI=1S/C33H36O12/c1-16(2)9-10-39-28-12-21(11-23-30(28)45-33(7,8)32(43-20(6)37)31(23)42-19(5)36)25-15-24(38)29-26(41-18(4)35)13-22(40-17(3)34)14-27(29)44-25/h9,11-14,25,31-32H,10,15H2,1-8H3/t25-,31-,32+/m1/s1. The molecule has 12 nitrogen and oxygen atoms in total. The van der Waals surface area contributed by atoms with Crippen LogP contribution in [0.25, 0.3) is 0 Å². The van der Waals surface area contributed by atoms with Gasteiger partial charge >= 0.3 is 23.9 Å². The molecule has 0 fully saturated rings. The van der Waals surface area contributed by atoms with E-state index in [0.717, 1.165) is 5.57 Å². The number of esters is 4. The quantitative estimate of drug-likeness (QED) is 0.213. The summed E-state index contributed by atoms with van der Waals surface area (Å²) in [6.07, 6.45) is -1.33. The summed E-state index contributed by atoms with van der Waals surface area (Å²) in [5.74, 6) is -2.43. The van der Waals surface area contributed by atoms with E-state index in [0.29, 0.717) is 11.1 Å². The summed E-state index contributed by atoms with van der Waals surface area (Å²) in [6.45, 7) is 12.3. The van der Waals surface area contributed by atoms with Crippen molar-refractivity contribution in [2.45, 2.75) is 85.7 Å². The van der Waals surface area contributed by atoms with Gasteiger partial charge in [0.05, 0.1) is 6.42 Å². The number of hydrogen-bond donors (Lipinski definition) is 0. The third-order valence-electron chi connectivity index (χ3n) is 6.90. The Morgan fingerprint density at radius 1 is 0.867 bits per heavy atom. The minimum atomic E-state index is -1.13. The molecule has 240 valence electrons. The van der Waals surface area contributed by atoms with Crippen molar-refractivity contribution in [3.8, 4) is 28.7 Å². The van der Waals surface area contributed by atoms with Gasteiger partial charge in [-0.1, -0.05) is 5.57 Å². The predicted octanol–water partition coefficient (Wildman–Crippen LogP) is 5.30. The topological polar surface area (TPSA) is 150 Å². The summed E-state index contributed by atoms with van der Waals surface area (Å²) in [7, 11) is 0. The van der Waals surface area contributed by atoms with Gasteiger partial charge in [-0.3, -0.25) is 24.0 Å². The van der Waals surface area contributed by atoms with Crippen LogP contribution in [0.5, 0.6) is 28.7 Å². The zero-order valence-corrected chi connectivity index (χ0v) is 26.4. The fraction of sp³-hybridized carbons (Fsp3) is 0.424. The van der Waals surface area contributed by atoms with Crippen molar-refractivity contribution >= 4 is 29.7 Å². The lowest BCUT2D eigenvalue weighted by atomic mass is 9.85. The van der Waals surface area contributed by atoms with Gasteiger partial charge in [-0.05, 0) is 51.5 Å². The Kier molecular flexibility index (Phi) is 9.55. The van der Waals surface area contributed by atoms with Crippen molar-refractivity contribution < 1.29 is 57.1 Å². The van der Waals surface area contributed by atoms with Gasteiger partial charge in [-0.25, -0.2) is 0 Å². The first-order valence-electron chi connectivity index (χ1n) is 14.3. The van der Waals surface area contributed by atoms with Gasteiger partial charge in [-0.15, -0.1) is 0 Å². The number of fused-ring (bicyclic) bond motifs is 2. The van der Waals surface area contributed by atoms with Crippen molar-refractivity contribution in [2.75, 3.05) is 6.61 Å². The minimum absolute atomic E-state index is 0.0110. The Balaban J connectivity index is 1.87. The lowest BCUT2D eigenvalue weighted by Crippen LogP contribution is -2.52. The number of ketones is 1. The second-order valence-corrected chi connectivity index (χ2v) is 11.5.